The first kappa shape index (κ1) is 26.3. The number of benzene rings is 2. The molecule has 3 aliphatic rings. The van der Waals surface area contributed by atoms with Crippen molar-refractivity contribution in [2.24, 2.45) is 0 Å². The Balaban J connectivity index is 1.37. The molecule has 2 atom stereocenters. The van der Waals surface area contributed by atoms with Gasteiger partial charge in [-0.05, 0) is 42.1 Å². The smallest absolute Gasteiger partial charge is 0.409 e. The van der Waals surface area contributed by atoms with Crippen LogP contribution >= 0.6 is 22.9 Å². The number of rotatable bonds is 5. The number of alkyl halides is 1. The molecule has 5 heterocycles. The van der Waals surface area contributed by atoms with E-state index in [9.17, 15) is 23.9 Å². The van der Waals surface area contributed by atoms with E-state index < -0.39 is 18.1 Å². The lowest BCUT2D eigenvalue weighted by molar-refractivity contribution is 0.107. The largest absolute Gasteiger partial charge is 0.465 e. The van der Waals surface area contributed by atoms with Gasteiger partial charge in [0.1, 0.15) is 29.7 Å². The monoisotopic (exact) mass is 597 g/mol. The molecule has 2 saturated heterocycles. The lowest BCUT2D eigenvalue weighted by atomic mass is 9.91. The van der Waals surface area contributed by atoms with Crippen molar-refractivity contribution in [3.8, 4) is 23.2 Å². The minimum absolute atomic E-state index is 0.000503. The molecule has 0 saturated carbocycles. The number of amides is 1. The fourth-order valence-corrected chi connectivity index (χ4v) is 8.00. The number of ether oxygens (including phenoxy) is 2. The molecule has 4 aromatic rings. The predicted octanol–water partition coefficient (Wildman–Crippen LogP) is 6.25. The summed E-state index contributed by atoms with van der Waals surface area (Å²) in [6, 6.07) is 4.93. The van der Waals surface area contributed by atoms with Gasteiger partial charge in [0.15, 0.2) is 0 Å². The summed E-state index contributed by atoms with van der Waals surface area (Å²) in [4.78, 5) is 22.6. The summed E-state index contributed by atoms with van der Waals surface area (Å²) in [5.74, 6) is -0.589. The fourth-order valence-electron chi connectivity index (χ4n) is 6.57. The van der Waals surface area contributed by atoms with E-state index in [0.717, 1.165) is 41.9 Å². The molecular weight excluding hydrogens is 576 g/mol. The topological polar surface area (TPSA) is 121 Å². The van der Waals surface area contributed by atoms with Gasteiger partial charge in [-0.15, -0.1) is 11.3 Å². The number of halogens is 3. The van der Waals surface area contributed by atoms with Crippen molar-refractivity contribution in [2.75, 3.05) is 25.0 Å². The van der Waals surface area contributed by atoms with Crippen LogP contribution < -0.4 is 10.1 Å². The second kappa shape index (κ2) is 9.73. The molecule has 0 radical (unpaired) electrons. The Bertz CT molecular complexity index is 1810. The highest BCUT2D eigenvalue weighted by Crippen LogP contribution is 2.49. The Kier molecular flexibility index (Phi) is 6.24. The fraction of sp³-hybridized carbons (Fsp3) is 0.357. The molecule has 41 heavy (non-hydrogen) atoms. The zero-order valence-corrected chi connectivity index (χ0v) is 23.0. The highest BCUT2D eigenvalue weighted by atomic mass is 35.5. The molecule has 2 N–H and O–H groups in total. The highest BCUT2D eigenvalue weighted by molar-refractivity contribution is 7.23. The van der Waals surface area contributed by atoms with Crippen molar-refractivity contribution < 1.29 is 28.2 Å². The zero-order valence-electron chi connectivity index (χ0n) is 21.5. The quantitative estimate of drug-likeness (QED) is 0.277. The Morgan fingerprint density at radius 1 is 1.39 bits per heavy atom. The number of hydrogen-bond donors (Lipinski definition) is 2. The van der Waals surface area contributed by atoms with E-state index in [1.165, 1.54) is 12.1 Å². The highest BCUT2D eigenvalue weighted by Gasteiger charge is 2.49. The van der Waals surface area contributed by atoms with Gasteiger partial charge in [-0.25, -0.2) is 18.6 Å². The molecule has 0 spiro atoms. The second-order valence-electron chi connectivity index (χ2n) is 10.6. The third-order valence-electron chi connectivity index (χ3n) is 8.30. The molecule has 13 heteroatoms. The molecule has 0 unspecified atom stereocenters. The van der Waals surface area contributed by atoms with Crippen LogP contribution in [0.4, 0.5) is 18.6 Å². The van der Waals surface area contributed by atoms with Crippen molar-refractivity contribution in [3.05, 3.63) is 45.9 Å². The van der Waals surface area contributed by atoms with E-state index in [0.29, 0.717) is 35.0 Å². The molecule has 2 aromatic heterocycles. The number of nitriles is 1. The first-order valence-corrected chi connectivity index (χ1v) is 14.2. The van der Waals surface area contributed by atoms with Gasteiger partial charge in [-0.3, -0.25) is 10.2 Å². The van der Waals surface area contributed by atoms with Gasteiger partial charge in [-0.1, -0.05) is 17.7 Å². The second-order valence-corrected chi connectivity index (χ2v) is 12.0. The van der Waals surface area contributed by atoms with E-state index in [1.807, 2.05) is 6.07 Å². The van der Waals surface area contributed by atoms with E-state index in [4.69, 9.17) is 21.1 Å². The van der Waals surface area contributed by atoms with Crippen LogP contribution in [0, 0.1) is 17.1 Å². The van der Waals surface area contributed by atoms with E-state index in [-0.39, 0.29) is 57.0 Å². The van der Waals surface area contributed by atoms with Crippen LogP contribution in [0.5, 0.6) is 6.01 Å². The molecule has 0 bridgehead atoms. The summed E-state index contributed by atoms with van der Waals surface area (Å²) in [5.41, 5.74) is 2.60. The van der Waals surface area contributed by atoms with Gasteiger partial charge in [0, 0.05) is 35.5 Å². The maximum Gasteiger partial charge on any atom is 0.409 e. The van der Waals surface area contributed by atoms with Gasteiger partial charge in [0.2, 0.25) is 0 Å². The maximum atomic E-state index is 15.0. The Labute approximate surface area is 241 Å². The summed E-state index contributed by atoms with van der Waals surface area (Å²) in [6.07, 6.45) is 1.63. The van der Waals surface area contributed by atoms with Crippen molar-refractivity contribution in [1.29, 1.82) is 5.26 Å². The van der Waals surface area contributed by atoms with Crippen molar-refractivity contribution >= 4 is 55.0 Å². The van der Waals surface area contributed by atoms with Gasteiger partial charge in [0.25, 0.3) is 0 Å². The zero-order chi connectivity index (χ0) is 28.5. The summed E-state index contributed by atoms with van der Waals surface area (Å²) in [5, 5.41) is 22.6. The molecule has 0 aliphatic carbocycles. The average Bonchev–Trinajstić information content (AvgIpc) is 3.71. The predicted molar refractivity (Wildman–Crippen MR) is 149 cm³/mol. The maximum absolute atomic E-state index is 15.0. The number of nitrogens with zero attached hydrogens (tertiary/aromatic N) is 4. The number of carbonyl (C=O) groups is 1. The number of anilines is 1. The van der Waals surface area contributed by atoms with Crippen molar-refractivity contribution in [2.45, 2.75) is 44.2 Å². The molecule has 7 rings (SSSR count). The van der Waals surface area contributed by atoms with E-state index in [2.05, 4.69) is 20.2 Å². The molecule has 9 nitrogen and oxygen atoms in total. The van der Waals surface area contributed by atoms with Crippen LogP contribution in [0.1, 0.15) is 36.0 Å². The van der Waals surface area contributed by atoms with Gasteiger partial charge >= 0.3 is 12.1 Å². The number of nitrogens with one attached hydrogen (secondary N) is 1. The molecule has 210 valence electrons. The van der Waals surface area contributed by atoms with Crippen LogP contribution in [0.3, 0.4) is 0 Å². The van der Waals surface area contributed by atoms with E-state index in [1.54, 1.807) is 6.20 Å². The number of hydrogen-bond acceptors (Lipinski definition) is 8. The SMILES string of the molecule is N#Cc1c(NC(=O)O)sc2c(F)ccc(-c3c4c(c5cnc(OC[C@@]67CCCN6C[C@H](F)C7)nc5c3Cl)COC4)c12. The summed E-state index contributed by atoms with van der Waals surface area (Å²) >= 11 is 7.89. The Morgan fingerprint density at radius 3 is 3.02 bits per heavy atom. The number of fused-ring (bicyclic) bond motifs is 5. The third kappa shape index (κ3) is 4.10. The average molecular weight is 598 g/mol. The lowest BCUT2D eigenvalue weighted by Gasteiger charge is -2.30. The molecule has 3 aliphatic heterocycles. The van der Waals surface area contributed by atoms with Crippen molar-refractivity contribution in [3.63, 3.8) is 0 Å². The minimum atomic E-state index is -1.36. The van der Waals surface area contributed by atoms with Gasteiger partial charge in [-0.2, -0.15) is 10.2 Å². The van der Waals surface area contributed by atoms with Crippen LogP contribution in [0.25, 0.3) is 32.1 Å². The first-order chi connectivity index (χ1) is 19.8. The lowest BCUT2D eigenvalue weighted by Crippen LogP contribution is -2.43. The summed E-state index contributed by atoms with van der Waals surface area (Å²) in [7, 11) is 0. The van der Waals surface area contributed by atoms with Crippen LogP contribution in [-0.2, 0) is 18.0 Å². The number of carboxylic acid groups (broad SMARTS) is 1. The molecule has 1 amide bonds. The van der Waals surface area contributed by atoms with E-state index >= 15 is 0 Å². The molecular formula is C28H22ClF2N5O4S. The number of thiophene rings is 1. The van der Waals surface area contributed by atoms with Crippen LogP contribution in [-0.4, -0.2) is 57.5 Å². The first-order valence-electron chi connectivity index (χ1n) is 13.0. The third-order valence-corrected chi connectivity index (χ3v) is 9.78. The van der Waals surface area contributed by atoms with Crippen molar-refractivity contribution in [1.82, 2.24) is 14.9 Å². The molecule has 2 fully saturated rings. The minimum Gasteiger partial charge on any atom is -0.465 e. The number of aromatic nitrogens is 2. The Hall–Kier alpha value is -3.63. The van der Waals surface area contributed by atoms with Gasteiger partial charge in [0.05, 0.1) is 39.6 Å². The van der Waals surface area contributed by atoms with Gasteiger partial charge < -0.3 is 14.6 Å². The summed E-state index contributed by atoms with van der Waals surface area (Å²) in [6.45, 7) is 2.02. The summed E-state index contributed by atoms with van der Waals surface area (Å²) < 4.78 is 41.2. The van der Waals surface area contributed by atoms with Crippen LogP contribution in [0.2, 0.25) is 5.02 Å². The Morgan fingerprint density at radius 2 is 2.22 bits per heavy atom. The standard InChI is InChI=1S/C28H22ClF2N5O4S/c29-22-20(14-2-3-19(31)24-21(14)15(7-32)25(41-24)35-27(37)38)18-11-39-10-17(18)16-8-33-26(34-23(16)22)40-12-28-4-1-5-36(28)9-13(30)6-28/h2-3,8,13,35H,1,4-6,9-12H2,(H,37,38)/t13-,28+/m1/s1. The van der Waals surface area contributed by atoms with Crippen LogP contribution in [0.15, 0.2) is 18.3 Å². The molecule has 2 aromatic carbocycles. The normalized spacial score (nSPS) is 21.8.